The molecule has 2 rings (SSSR count). The number of hydrogen-bond acceptors (Lipinski definition) is 4. The first kappa shape index (κ1) is 20.4. The van der Waals surface area contributed by atoms with Crippen LogP contribution in [0.15, 0.2) is 18.2 Å². The zero-order chi connectivity index (χ0) is 19.3. The van der Waals surface area contributed by atoms with E-state index in [1.54, 1.807) is 13.2 Å². The van der Waals surface area contributed by atoms with Crippen LogP contribution in [0.3, 0.4) is 0 Å². The predicted octanol–water partition coefficient (Wildman–Crippen LogP) is 1.64. The van der Waals surface area contributed by atoms with Crippen LogP contribution >= 0.6 is 0 Å². The summed E-state index contributed by atoms with van der Waals surface area (Å²) in [5.74, 6) is -0.693. The smallest absolute Gasteiger partial charge is 0.248 e. The van der Waals surface area contributed by atoms with Crippen LogP contribution < -0.4 is 16.8 Å². The summed E-state index contributed by atoms with van der Waals surface area (Å²) < 4.78 is 5.83. The van der Waals surface area contributed by atoms with Gasteiger partial charge in [-0.1, -0.05) is 19.9 Å². The van der Waals surface area contributed by atoms with Crippen LogP contribution in [-0.2, 0) is 21.4 Å². The highest BCUT2D eigenvalue weighted by molar-refractivity contribution is 5.93. The highest BCUT2D eigenvalue weighted by atomic mass is 16.5. The van der Waals surface area contributed by atoms with Gasteiger partial charge in [-0.25, -0.2) is 0 Å². The lowest BCUT2D eigenvalue weighted by atomic mass is 9.62. The van der Waals surface area contributed by atoms with Crippen molar-refractivity contribution in [3.63, 3.8) is 0 Å². The van der Waals surface area contributed by atoms with Crippen LogP contribution in [0.4, 0.5) is 0 Å². The van der Waals surface area contributed by atoms with Gasteiger partial charge in [-0.05, 0) is 49.1 Å². The molecule has 1 aromatic carbocycles. The predicted molar refractivity (Wildman–Crippen MR) is 102 cm³/mol. The molecule has 0 radical (unpaired) electrons. The fraction of sp³-hybridized carbons (Fsp3) is 0.600. The Bertz CT molecular complexity index is 656. The second-order valence-corrected chi connectivity index (χ2v) is 7.08. The molecule has 0 saturated heterocycles. The maximum Gasteiger partial charge on any atom is 0.248 e. The van der Waals surface area contributed by atoms with Crippen molar-refractivity contribution in [2.24, 2.45) is 11.5 Å². The minimum Gasteiger partial charge on any atom is -0.379 e. The number of benzene rings is 1. The van der Waals surface area contributed by atoms with Gasteiger partial charge in [-0.2, -0.15) is 0 Å². The van der Waals surface area contributed by atoms with Gasteiger partial charge in [0.1, 0.15) is 0 Å². The lowest BCUT2D eigenvalue weighted by Gasteiger charge is -2.49. The monoisotopic (exact) mass is 361 g/mol. The molecule has 1 aliphatic rings. The number of carbonyl (C=O) groups is 2. The Kier molecular flexibility index (Phi) is 6.78. The van der Waals surface area contributed by atoms with Crippen LogP contribution in [0.25, 0.3) is 0 Å². The molecule has 0 saturated carbocycles. The lowest BCUT2D eigenvalue weighted by Crippen LogP contribution is -2.59. The molecular formula is C20H31N3O3. The number of hydrogen-bond donors (Lipinski definition) is 3. The van der Waals surface area contributed by atoms with Crippen LogP contribution in [0.5, 0.6) is 0 Å². The van der Waals surface area contributed by atoms with Crippen molar-refractivity contribution in [3.05, 3.63) is 34.9 Å². The van der Waals surface area contributed by atoms with Crippen molar-refractivity contribution in [2.45, 2.75) is 63.5 Å². The molecule has 6 nitrogen and oxygen atoms in total. The van der Waals surface area contributed by atoms with E-state index in [-0.39, 0.29) is 23.5 Å². The molecule has 2 amide bonds. The first-order valence-corrected chi connectivity index (χ1v) is 9.37. The van der Waals surface area contributed by atoms with Crippen LogP contribution in [0.1, 0.15) is 61.0 Å². The fourth-order valence-corrected chi connectivity index (χ4v) is 4.37. The summed E-state index contributed by atoms with van der Waals surface area (Å²) in [6.45, 7) is 5.03. The van der Waals surface area contributed by atoms with Gasteiger partial charge in [-0.3, -0.25) is 9.59 Å². The Balaban J connectivity index is 2.40. The number of nitrogens with two attached hydrogens (primary N) is 2. The Labute approximate surface area is 155 Å². The third kappa shape index (κ3) is 3.91. The quantitative estimate of drug-likeness (QED) is 0.581. The Hall–Kier alpha value is -1.92. The highest BCUT2D eigenvalue weighted by Gasteiger charge is 2.46. The summed E-state index contributed by atoms with van der Waals surface area (Å²) in [7, 11) is 1.74. The summed E-state index contributed by atoms with van der Waals surface area (Å²) in [4.78, 5) is 22.7. The number of primary amides is 2. The summed E-state index contributed by atoms with van der Waals surface area (Å²) in [6, 6.07) is 5.84. The van der Waals surface area contributed by atoms with Crippen molar-refractivity contribution in [1.29, 1.82) is 0 Å². The van der Waals surface area contributed by atoms with E-state index < -0.39 is 5.91 Å². The van der Waals surface area contributed by atoms with E-state index in [0.29, 0.717) is 24.9 Å². The minimum atomic E-state index is -0.409. The van der Waals surface area contributed by atoms with Gasteiger partial charge in [0.25, 0.3) is 0 Å². The third-order valence-electron chi connectivity index (χ3n) is 5.85. The number of fused-ring (bicyclic) bond motifs is 1. The molecule has 0 heterocycles. The number of ether oxygens (including phenoxy) is 1. The van der Waals surface area contributed by atoms with Crippen molar-refractivity contribution in [2.75, 3.05) is 13.7 Å². The van der Waals surface area contributed by atoms with Crippen LogP contribution in [0.2, 0.25) is 0 Å². The van der Waals surface area contributed by atoms with Crippen molar-refractivity contribution in [3.8, 4) is 0 Å². The summed E-state index contributed by atoms with van der Waals surface area (Å²) >= 11 is 0. The van der Waals surface area contributed by atoms with Crippen LogP contribution in [0, 0.1) is 0 Å². The summed E-state index contributed by atoms with van der Waals surface area (Å²) in [5, 5.41) is 3.61. The molecule has 6 heteroatoms. The number of rotatable bonds is 9. The van der Waals surface area contributed by atoms with E-state index in [1.165, 1.54) is 11.1 Å². The van der Waals surface area contributed by atoms with E-state index in [9.17, 15) is 9.59 Å². The van der Waals surface area contributed by atoms with Gasteiger partial charge in [0.15, 0.2) is 0 Å². The Morgan fingerprint density at radius 2 is 1.96 bits per heavy atom. The van der Waals surface area contributed by atoms with Gasteiger partial charge in [0.05, 0.1) is 6.10 Å². The molecule has 26 heavy (non-hydrogen) atoms. The van der Waals surface area contributed by atoms with Crippen molar-refractivity contribution < 1.29 is 14.3 Å². The molecule has 0 bridgehead atoms. The number of methoxy groups -OCH3 is 1. The first-order valence-electron chi connectivity index (χ1n) is 9.37. The second-order valence-electron chi connectivity index (χ2n) is 7.08. The van der Waals surface area contributed by atoms with Gasteiger partial charge in [0.2, 0.25) is 11.8 Å². The molecule has 5 N–H and O–H groups in total. The normalized spacial score (nSPS) is 21.2. The van der Waals surface area contributed by atoms with Crippen molar-refractivity contribution in [1.82, 2.24) is 5.32 Å². The largest absolute Gasteiger partial charge is 0.379 e. The van der Waals surface area contributed by atoms with Crippen LogP contribution in [-0.4, -0.2) is 37.6 Å². The van der Waals surface area contributed by atoms with E-state index >= 15 is 0 Å². The number of nitrogens with one attached hydrogen (secondary N) is 1. The Morgan fingerprint density at radius 1 is 1.27 bits per heavy atom. The molecule has 2 unspecified atom stereocenters. The highest BCUT2D eigenvalue weighted by Crippen LogP contribution is 2.44. The maximum atomic E-state index is 11.7. The molecule has 0 spiro atoms. The molecular weight excluding hydrogens is 330 g/mol. The average molecular weight is 361 g/mol. The fourth-order valence-electron chi connectivity index (χ4n) is 4.37. The van der Waals surface area contributed by atoms with E-state index in [0.717, 1.165) is 19.3 Å². The zero-order valence-corrected chi connectivity index (χ0v) is 16.0. The van der Waals surface area contributed by atoms with Gasteiger partial charge < -0.3 is 21.5 Å². The molecule has 0 fully saturated rings. The Morgan fingerprint density at radius 3 is 2.50 bits per heavy atom. The summed E-state index contributed by atoms with van der Waals surface area (Å²) in [6.07, 6.45) is 3.68. The van der Waals surface area contributed by atoms with E-state index in [1.807, 2.05) is 12.1 Å². The van der Waals surface area contributed by atoms with E-state index in [2.05, 4.69) is 19.2 Å². The molecule has 2 atom stereocenters. The second kappa shape index (κ2) is 8.64. The van der Waals surface area contributed by atoms with Gasteiger partial charge >= 0.3 is 0 Å². The lowest BCUT2D eigenvalue weighted by molar-refractivity contribution is -0.118. The first-order chi connectivity index (χ1) is 12.4. The molecule has 1 aliphatic carbocycles. The SMILES string of the molecule is CCC1(CC)c2cc(C(N)=O)ccc2CC(OC)C1NCCCC(N)=O. The molecule has 0 aliphatic heterocycles. The van der Waals surface area contributed by atoms with Crippen molar-refractivity contribution >= 4 is 11.8 Å². The van der Waals surface area contributed by atoms with Gasteiger partial charge in [-0.15, -0.1) is 0 Å². The third-order valence-corrected chi connectivity index (χ3v) is 5.85. The number of amides is 2. The van der Waals surface area contributed by atoms with Gasteiger partial charge in [0, 0.05) is 37.0 Å². The standard InChI is InChI=1S/C20H31N3O3/c1-4-20(5-2)15-11-14(19(22)25)9-8-13(15)12-16(26-3)18(20)23-10-6-7-17(21)24/h8-9,11,16,18,23H,4-7,10,12H2,1-3H3,(H2,21,24)(H2,22,25). The topological polar surface area (TPSA) is 107 Å². The minimum absolute atomic E-state index is 0.0235. The maximum absolute atomic E-state index is 11.7. The molecule has 0 aromatic heterocycles. The zero-order valence-electron chi connectivity index (χ0n) is 16.0. The molecule has 1 aromatic rings. The average Bonchev–Trinajstić information content (AvgIpc) is 2.63. The molecule has 144 valence electrons. The summed E-state index contributed by atoms with van der Waals surface area (Å²) in [5.41, 5.74) is 13.5. The van der Waals surface area contributed by atoms with E-state index in [4.69, 9.17) is 16.2 Å². The number of carbonyl (C=O) groups excluding carboxylic acids is 2.